The second-order valence-corrected chi connectivity index (χ2v) is 2.68. The van der Waals surface area contributed by atoms with Gasteiger partial charge in [0.1, 0.15) is 12.6 Å². The van der Waals surface area contributed by atoms with Gasteiger partial charge in [-0.2, -0.15) is 0 Å². The summed E-state index contributed by atoms with van der Waals surface area (Å²) in [6.45, 7) is 0. The summed E-state index contributed by atoms with van der Waals surface area (Å²) in [6, 6.07) is 4.37. The maximum atomic E-state index is 10.6. The van der Waals surface area contributed by atoms with Crippen LogP contribution in [0.15, 0.2) is 18.2 Å². The van der Waals surface area contributed by atoms with Gasteiger partial charge in [-0.05, 0) is 0 Å². The van der Waals surface area contributed by atoms with E-state index in [1.54, 1.807) is 0 Å². The van der Waals surface area contributed by atoms with E-state index in [4.69, 9.17) is 5.02 Å². The molecule has 0 aliphatic rings. The largest absolute Gasteiger partial charge is 0.478 e. The second-order valence-electron chi connectivity index (χ2n) is 2.68. The topological polar surface area (TPSA) is 83.8 Å². The fourth-order valence-corrected chi connectivity index (χ4v) is 1.22. The lowest BCUT2D eigenvalue weighted by Gasteiger charge is -2.09. The zero-order valence-electron chi connectivity index (χ0n) is 7.66. The molecule has 15 heavy (non-hydrogen) atoms. The van der Waals surface area contributed by atoms with Crippen molar-refractivity contribution in [2.45, 2.75) is 0 Å². The van der Waals surface area contributed by atoms with E-state index < -0.39 is 7.12 Å². The third-order valence-electron chi connectivity index (χ3n) is 1.86. The Bertz CT molecular complexity index is 342. The highest BCUT2D eigenvalue weighted by molar-refractivity contribution is 6.66. The standard InChI is InChI=1S/C8H7B2O5/c11-4-6-2-1-3-7(5-12)8(6)10(14)15-9-13/h1-5,13-14H. The Kier molecular flexibility index (Phi) is 4.23. The molecule has 0 fully saturated rings. The van der Waals surface area contributed by atoms with Crippen LogP contribution in [0.25, 0.3) is 0 Å². The van der Waals surface area contributed by atoms with E-state index in [0.29, 0.717) is 20.3 Å². The average Bonchev–Trinajstić information content (AvgIpc) is 2.28. The number of hydrogen-bond acceptors (Lipinski definition) is 5. The van der Waals surface area contributed by atoms with Crippen LogP contribution in [0.5, 0.6) is 0 Å². The first-order valence-electron chi connectivity index (χ1n) is 4.07. The maximum Gasteiger partial charge on any atom is 0.478 e. The van der Waals surface area contributed by atoms with Gasteiger partial charge in [-0.3, -0.25) is 9.59 Å². The molecule has 0 aliphatic carbocycles. The molecule has 5 nitrogen and oxygen atoms in total. The van der Waals surface area contributed by atoms with Gasteiger partial charge in [-0.25, -0.2) is 0 Å². The minimum absolute atomic E-state index is 0.0350. The lowest BCUT2D eigenvalue weighted by molar-refractivity contribution is 0.112. The number of aldehydes is 2. The van der Waals surface area contributed by atoms with Crippen LogP contribution in [0.1, 0.15) is 20.7 Å². The lowest BCUT2D eigenvalue weighted by Crippen LogP contribution is -2.39. The van der Waals surface area contributed by atoms with Gasteiger partial charge < -0.3 is 14.6 Å². The van der Waals surface area contributed by atoms with E-state index in [1.807, 2.05) is 0 Å². The Morgan fingerprint density at radius 1 is 1.27 bits per heavy atom. The first-order valence-corrected chi connectivity index (χ1v) is 4.07. The van der Waals surface area contributed by atoms with Crippen molar-refractivity contribution in [2.24, 2.45) is 0 Å². The molecule has 0 atom stereocenters. The summed E-state index contributed by atoms with van der Waals surface area (Å²) in [5, 5.41) is 17.8. The normalized spacial score (nSPS) is 9.47. The maximum absolute atomic E-state index is 10.6. The summed E-state index contributed by atoms with van der Waals surface area (Å²) >= 11 is 0. The molecular weight excluding hydrogens is 198 g/mol. The van der Waals surface area contributed by atoms with Crippen LogP contribution in [-0.2, 0) is 4.57 Å². The summed E-state index contributed by atoms with van der Waals surface area (Å²) < 4.78 is 4.38. The molecule has 1 aromatic rings. The van der Waals surface area contributed by atoms with Crippen LogP contribution < -0.4 is 5.46 Å². The number of rotatable bonds is 5. The van der Waals surface area contributed by atoms with Gasteiger partial charge in [0.2, 0.25) is 0 Å². The molecule has 1 radical (unpaired) electrons. The quantitative estimate of drug-likeness (QED) is 0.453. The number of carbonyl (C=O) groups is 2. The molecule has 0 bridgehead atoms. The molecule has 2 N–H and O–H groups in total. The Morgan fingerprint density at radius 2 is 1.80 bits per heavy atom. The monoisotopic (exact) mass is 205 g/mol. The zero-order valence-corrected chi connectivity index (χ0v) is 7.66. The van der Waals surface area contributed by atoms with Crippen molar-refractivity contribution in [3.05, 3.63) is 29.3 Å². The fourth-order valence-electron chi connectivity index (χ4n) is 1.22. The summed E-state index contributed by atoms with van der Waals surface area (Å²) in [5.41, 5.74) is 0.302. The predicted octanol–water partition coefficient (Wildman–Crippen LogP) is -1.46. The second kappa shape index (κ2) is 5.45. The third kappa shape index (κ3) is 2.53. The van der Waals surface area contributed by atoms with Gasteiger partial charge in [-0.15, -0.1) is 0 Å². The van der Waals surface area contributed by atoms with E-state index in [9.17, 15) is 14.6 Å². The average molecular weight is 205 g/mol. The van der Waals surface area contributed by atoms with Crippen LogP contribution >= 0.6 is 0 Å². The van der Waals surface area contributed by atoms with Crippen molar-refractivity contribution >= 4 is 32.8 Å². The number of hydrogen-bond donors (Lipinski definition) is 2. The van der Waals surface area contributed by atoms with Crippen LogP contribution in [0.3, 0.4) is 0 Å². The lowest BCUT2D eigenvalue weighted by atomic mass is 9.73. The molecular formula is C8H7B2O5. The van der Waals surface area contributed by atoms with Crippen LogP contribution in [-0.4, -0.2) is 37.4 Å². The Balaban J connectivity index is 3.21. The van der Waals surface area contributed by atoms with Crippen LogP contribution in [0.4, 0.5) is 0 Å². The first kappa shape index (κ1) is 11.6. The van der Waals surface area contributed by atoms with E-state index in [2.05, 4.69) is 4.57 Å². The number of carbonyl (C=O) groups excluding carboxylic acids is 2. The molecule has 7 heteroatoms. The molecule has 0 saturated carbocycles. The molecule has 0 amide bonds. The van der Waals surface area contributed by atoms with Gasteiger partial charge in [0.25, 0.3) is 0 Å². The van der Waals surface area contributed by atoms with E-state index >= 15 is 0 Å². The molecule has 0 aromatic heterocycles. The van der Waals surface area contributed by atoms with Gasteiger partial charge >= 0.3 is 14.8 Å². The molecule has 0 unspecified atom stereocenters. The molecule has 0 heterocycles. The third-order valence-corrected chi connectivity index (χ3v) is 1.86. The summed E-state index contributed by atoms with van der Waals surface area (Å²) in [6.07, 6.45) is 0.985. The van der Waals surface area contributed by atoms with Crippen LogP contribution in [0, 0.1) is 0 Å². The fraction of sp³-hybridized carbons (Fsp3) is 0. The molecule has 0 spiro atoms. The van der Waals surface area contributed by atoms with Gasteiger partial charge in [0, 0.05) is 16.6 Å². The molecule has 1 aromatic carbocycles. The van der Waals surface area contributed by atoms with E-state index in [0.717, 1.165) is 0 Å². The highest BCUT2D eigenvalue weighted by atomic mass is 16.5. The van der Waals surface area contributed by atoms with Crippen molar-refractivity contribution in [1.82, 2.24) is 0 Å². The smallest absolute Gasteiger partial charge is 0.449 e. The molecule has 0 saturated heterocycles. The highest BCUT2D eigenvalue weighted by Gasteiger charge is 2.23. The Morgan fingerprint density at radius 3 is 2.20 bits per heavy atom. The minimum Gasteiger partial charge on any atom is -0.449 e. The summed E-state index contributed by atoms with van der Waals surface area (Å²) in [5.74, 6) is 0. The van der Waals surface area contributed by atoms with Crippen molar-refractivity contribution < 1.29 is 24.2 Å². The van der Waals surface area contributed by atoms with E-state index in [1.165, 1.54) is 18.2 Å². The van der Waals surface area contributed by atoms with Gasteiger partial charge in [0.15, 0.2) is 0 Å². The van der Waals surface area contributed by atoms with Gasteiger partial charge in [-0.1, -0.05) is 18.2 Å². The van der Waals surface area contributed by atoms with E-state index in [-0.39, 0.29) is 16.6 Å². The van der Waals surface area contributed by atoms with Gasteiger partial charge in [0.05, 0.1) is 0 Å². The SMILES string of the molecule is O=Cc1cccc(C=O)c1B(O)O[B]O. The minimum atomic E-state index is -1.54. The zero-order chi connectivity index (χ0) is 11.3. The highest BCUT2D eigenvalue weighted by Crippen LogP contribution is 2.00. The van der Waals surface area contributed by atoms with Crippen molar-refractivity contribution in [3.8, 4) is 0 Å². The Labute approximate surface area is 87.1 Å². The Hall–Kier alpha value is -1.43. The summed E-state index contributed by atoms with van der Waals surface area (Å²) in [4.78, 5) is 21.3. The summed E-state index contributed by atoms with van der Waals surface area (Å²) in [7, 11) is -1.25. The van der Waals surface area contributed by atoms with Crippen molar-refractivity contribution in [1.29, 1.82) is 0 Å². The predicted molar refractivity (Wildman–Crippen MR) is 53.9 cm³/mol. The van der Waals surface area contributed by atoms with Crippen LogP contribution in [0.2, 0.25) is 0 Å². The van der Waals surface area contributed by atoms with Crippen molar-refractivity contribution in [2.75, 3.05) is 0 Å². The first-order chi connectivity index (χ1) is 7.24. The molecule has 1 rings (SSSR count). The molecule has 75 valence electrons. The number of benzene rings is 1. The molecule has 0 aliphatic heterocycles. The van der Waals surface area contributed by atoms with Crippen molar-refractivity contribution in [3.63, 3.8) is 0 Å².